The Kier molecular flexibility index (Phi) is 9.87. The first-order valence-electron chi connectivity index (χ1n) is 13.9. The van der Waals surface area contributed by atoms with E-state index < -0.39 is 30.1 Å². The van der Waals surface area contributed by atoms with Gasteiger partial charge in [-0.05, 0) is 94.8 Å². The van der Waals surface area contributed by atoms with Gasteiger partial charge in [-0.25, -0.2) is 4.79 Å². The highest BCUT2D eigenvalue weighted by atomic mass is 16.7. The monoisotopic (exact) mass is 504 g/mol. The van der Waals surface area contributed by atoms with Crippen molar-refractivity contribution >= 4 is 6.16 Å². The van der Waals surface area contributed by atoms with Crippen LogP contribution in [0.15, 0.2) is 35.5 Å². The van der Waals surface area contributed by atoms with Crippen molar-refractivity contribution in [1.29, 1.82) is 0 Å². The summed E-state index contributed by atoms with van der Waals surface area (Å²) in [7, 11) is 0. The fourth-order valence-electron chi connectivity index (χ4n) is 6.81. The van der Waals surface area contributed by atoms with Gasteiger partial charge >= 0.3 is 6.16 Å². The van der Waals surface area contributed by atoms with E-state index in [-0.39, 0.29) is 5.41 Å². The maximum atomic E-state index is 11.9. The summed E-state index contributed by atoms with van der Waals surface area (Å²) in [6.07, 6.45) is 14.1. The SMILES string of the molecule is CCCOC(=O)OC(C)(C)[C@H](O)/C=C/[C@@H](C)[C@H]1CC[C@H]2/C(=C/C=C3C[C@@H](O)C[C@H](O)C3)CCC[C@]12C. The van der Waals surface area contributed by atoms with E-state index in [0.717, 1.165) is 24.8 Å². The fraction of sp³-hybridized carbons (Fsp3) is 0.767. The molecule has 3 rings (SSSR count). The second-order valence-electron chi connectivity index (χ2n) is 12.1. The van der Waals surface area contributed by atoms with Gasteiger partial charge in [-0.15, -0.1) is 0 Å². The molecule has 0 bridgehead atoms. The molecule has 3 aliphatic rings. The standard InChI is InChI=1S/C30H48O6/c1-6-16-35-28(34)36-29(3,4)27(33)14-9-20(2)25-12-13-26-22(8-7-15-30(25,26)5)11-10-21-17-23(31)19-24(32)18-21/h9-11,14,20,23-27,31-33H,6-8,12-13,15-19H2,1-5H3/b14-9+,22-11+/t20-,23-,24-,25-,26+,27-,30-/m1/s1. The third-order valence-corrected chi connectivity index (χ3v) is 8.83. The number of rotatable bonds is 8. The Hall–Kier alpha value is -1.63. The molecule has 0 aliphatic heterocycles. The van der Waals surface area contributed by atoms with Crippen molar-refractivity contribution in [1.82, 2.24) is 0 Å². The lowest BCUT2D eigenvalue weighted by Gasteiger charge is -2.44. The average Bonchev–Trinajstić information content (AvgIpc) is 3.16. The van der Waals surface area contributed by atoms with Crippen LogP contribution in [0.25, 0.3) is 0 Å². The zero-order valence-electron chi connectivity index (χ0n) is 22.9. The van der Waals surface area contributed by atoms with Crippen LogP contribution in [0.4, 0.5) is 4.79 Å². The van der Waals surface area contributed by atoms with E-state index in [1.165, 1.54) is 24.8 Å². The molecule has 0 heterocycles. The van der Waals surface area contributed by atoms with Crippen LogP contribution in [0.5, 0.6) is 0 Å². The van der Waals surface area contributed by atoms with Crippen LogP contribution in [0.1, 0.15) is 92.4 Å². The number of allylic oxidation sites excluding steroid dienone is 4. The third kappa shape index (κ3) is 7.02. The van der Waals surface area contributed by atoms with Crippen molar-refractivity contribution in [3.8, 4) is 0 Å². The Labute approximate surface area is 217 Å². The molecule has 0 aromatic heterocycles. The molecule has 3 saturated carbocycles. The van der Waals surface area contributed by atoms with Crippen LogP contribution in [0.3, 0.4) is 0 Å². The number of fused-ring (bicyclic) bond motifs is 1. The maximum Gasteiger partial charge on any atom is 0.508 e. The second-order valence-corrected chi connectivity index (χ2v) is 12.1. The van der Waals surface area contributed by atoms with Crippen molar-refractivity contribution in [2.45, 2.75) is 116 Å². The summed E-state index contributed by atoms with van der Waals surface area (Å²) < 4.78 is 10.4. The Morgan fingerprint density at radius 2 is 1.86 bits per heavy atom. The molecule has 6 nitrogen and oxygen atoms in total. The first kappa shape index (κ1) is 28.9. The molecule has 3 fully saturated rings. The van der Waals surface area contributed by atoms with E-state index in [0.29, 0.717) is 43.6 Å². The lowest BCUT2D eigenvalue weighted by molar-refractivity contribution is -0.0668. The molecule has 6 heteroatoms. The lowest BCUT2D eigenvalue weighted by Crippen LogP contribution is -2.40. The summed E-state index contributed by atoms with van der Waals surface area (Å²) in [4.78, 5) is 11.9. The molecular weight excluding hydrogens is 456 g/mol. The summed E-state index contributed by atoms with van der Waals surface area (Å²) >= 11 is 0. The number of aliphatic hydroxyl groups is 3. The van der Waals surface area contributed by atoms with Crippen LogP contribution in [-0.4, -0.2) is 52.0 Å². The van der Waals surface area contributed by atoms with Crippen molar-refractivity contribution in [3.63, 3.8) is 0 Å². The minimum absolute atomic E-state index is 0.207. The number of aliphatic hydroxyl groups excluding tert-OH is 3. The molecule has 204 valence electrons. The Balaban J connectivity index is 1.65. The third-order valence-electron chi connectivity index (χ3n) is 8.83. The highest BCUT2D eigenvalue weighted by molar-refractivity contribution is 5.60. The molecule has 0 radical (unpaired) electrons. The van der Waals surface area contributed by atoms with Crippen molar-refractivity contribution in [2.24, 2.45) is 23.2 Å². The number of hydrogen-bond acceptors (Lipinski definition) is 6. The van der Waals surface area contributed by atoms with Gasteiger partial charge in [0.15, 0.2) is 0 Å². The van der Waals surface area contributed by atoms with Gasteiger partial charge < -0.3 is 24.8 Å². The topological polar surface area (TPSA) is 96.2 Å². The summed E-state index contributed by atoms with van der Waals surface area (Å²) in [5.74, 6) is 1.35. The second kappa shape index (κ2) is 12.3. The Morgan fingerprint density at radius 3 is 2.53 bits per heavy atom. The van der Waals surface area contributed by atoms with Crippen molar-refractivity contribution in [3.05, 3.63) is 35.5 Å². The van der Waals surface area contributed by atoms with Gasteiger partial charge in [-0.1, -0.05) is 56.2 Å². The van der Waals surface area contributed by atoms with Gasteiger partial charge in [0, 0.05) is 0 Å². The summed E-state index contributed by atoms with van der Waals surface area (Å²) in [5.41, 5.74) is 1.78. The van der Waals surface area contributed by atoms with Gasteiger partial charge in [0.25, 0.3) is 0 Å². The molecule has 7 atom stereocenters. The van der Waals surface area contributed by atoms with E-state index >= 15 is 0 Å². The molecule has 36 heavy (non-hydrogen) atoms. The number of hydrogen-bond donors (Lipinski definition) is 3. The molecule has 0 aromatic carbocycles. The van der Waals surface area contributed by atoms with Crippen molar-refractivity contribution in [2.75, 3.05) is 6.61 Å². The van der Waals surface area contributed by atoms with E-state index in [9.17, 15) is 20.1 Å². The van der Waals surface area contributed by atoms with Gasteiger partial charge in [-0.3, -0.25) is 0 Å². The van der Waals surface area contributed by atoms with Crippen LogP contribution in [0, 0.1) is 23.2 Å². The summed E-state index contributed by atoms with van der Waals surface area (Å²) in [6.45, 7) is 10.3. The van der Waals surface area contributed by atoms with Gasteiger partial charge in [0.2, 0.25) is 0 Å². The molecule has 0 aromatic rings. The van der Waals surface area contributed by atoms with Crippen LogP contribution >= 0.6 is 0 Å². The van der Waals surface area contributed by atoms with Crippen LogP contribution in [0.2, 0.25) is 0 Å². The molecule has 0 saturated heterocycles. The van der Waals surface area contributed by atoms with E-state index in [4.69, 9.17) is 9.47 Å². The predicted molar refractivity (Wildman–Crippen MR) is 141 cm³/mol. The normalized spacial score (nSPS) is 33.9. The van der Waals surface area contributed by atoms with Crippen LogP contribution in [-0.2, 0) is 9.47 Å². The summed E-state index contributed by atoms with van der Waals surface area (Å²) in [5, 5.41) is 30.8. The molecule has 0 unspecified atom stereocenters. The minimum atomic E-state index is -1.07. The highest BCUT2D eigenvalue weighted by Crippen LogP contribution is 2.59. The van der Waals surface area contributed by atoms with Gasteiger partial charge in [0.05, 0.1) is 18.8 Å². The largest absolute Gasteiger partial charge is 0.508 e. The fourth-order valence-corrected chi connectivity index (χ4v) is 6.81. The first-order valence-corrected chi connectivity index (χ1v) is 13.9. The number of carbonyl (C=O) groups is 1. The molecule has 3 N–H and O–H groups in total. The average molecular weight is 505 g/mol. The molecule has 0 amide bonds. The molecule has 0 spiro atoms. The number of carbonyl (C=O) groups excluding carboxylic acids is 1. The lowest BCUT2D eigenvalue weighted by atomic mass is 9.61. The zero-order valence-corrected chi connectivity index (χ0v) is 22.9. The first-order chi connectivity index (χ1) is 17.0. The quantitative estimate of drug-likeness (QED) is 0.283. The number of ether oxygens (including phenoxy) is 2. The van der Waals surface area contributed by atoms with Crippen molar-refractivity contribution < 1.29 is 29.6 Å². The van der Waals surface area contributed by atoms with Gasteiger partial charge in [-0.2, -0.15) is 0 Å². The zero-order chi connectivity index (χ0) is 26.5. The summed E-state index contributed by atoms with van der Waals surface area (Å²) in [6, 6.07) is 0. The molecular formula is C30H48O6. The Bertz CT molecular complexity index is 830. The van der Waals surface area contributed by atoms with Gasteiger partial charge in [0.1, 0.15) is 11.7 Å². The van der Waals surface area contributed by atoms with E-state index in [1.807, 2.05) is 6.92 Å². The smallest absolute Gasteiger partial charge is 0.434 e. The Morgan fingerprint density at radius 1 is 1.17 bits per heavy atom. The van der Waals surface area contributed by atoms with Crippen LogP contribution < -0.4 is 0 Å². The minimum Gasteiger partial charge on any atom is -0.434 e. The predicted octanol–water partition coefficient (Wildman–Crippen LogP) is 5.86. The highest BCUT2D eigenvalue weighted by Gasteiger charge is 2.50. The van der Waals surface area contributed by atoms with E-state index in [2.05, 4.69) is 32.1 Å². The molecule has 3 aliphatic carbocycles. The maximum absolute atomic E-state index is 11.9. The van der Waals surface area contributed by atoms with E-state index in [1.54, 1.807) is 19.9 Å².